The van der Waals surface area contributed by atoms with Gasteiger partial charge in [-0.15, -0.1) is 0 Å². The number of rotatable bonds is 1. The topological polar surface area (TPSA) is 3.24 Å². The second-order valence-corrected chi connectivity index (χ2v) is 5.37. The van der Waals surface area contributed by atoms with E-state index in [1.54, 1.807) is 0 Å². The van der Waals surface area contributed by atoms with E-state index in [0.717, 1.165) is 11.8 Å². The summed E-state index contributed by atoms with van der Waals surface area (Å²) in [7, 11) is 2.23. The normalized spacial score (nSPS) is 31.0. The molecule has 1 heteroatoms. The Morgan fingerprint density at radius 2 is 1.92 bits per heavy atom. The molecular formula is C11H23N. The molecule has 0 aromatic heterocycles. The first-order chi connectivity index (χ1) is 5.43. The van der Waals surface area contributed by atoms with Crippen molar-refractivity contribution in [2.24, 2.45) is 17.3 Å². The van der Waals surface area contributed by atoms with Crippen LogP contribution >= 0.6 is 0 Å². The Labute approximate surface area is 77.1 Å². The lowest BCUT2D eigenvalue weighted by Crippen LogP contribution is -2.45. The van der Waals surface area contributed by atoms with Crippen LogP contribution < -0.4 is 0 Å². The molecule has 0 radical (unpaired) electrons. The second kappa shape index (κ2) is 3.37. The van der Waals surface area contributed by atoms with Crippen LogP contribution in [0, 0.1) is 17.3 Å². The van der Waals surface area contributed by atoms with Gasteiger partial charge in [-0.25, -0.2) is 0 Å². The van der Waals surface area contributed by atoms with Crippen LogP contribution in [0.4, 0.5) is 0 Å². The quantitative estimate of drug-likeness (QED) is 0.583. The van der Waals surface area contributed by atoms with Crippen molar-refractivity contribution in [1.82, 2.24) is 4.90 Å². The Kier molecular flexibility index (Phi) is 2.82. The summed E-state index contributed by atoms with van der Waals surface area (Å²) in [5, 5.41) is 0. The van der Waals surface area contributed by atoms with Gasteiger partial charge >= 0.3 is 0 Å². The molecule has 1 aliphatic heterocycles. The number of piperidine rings is 1. The molecule has 0 saturated carbocycles. The molecule has 0 aromatic rings. The summed E-state index contributed by atoms with van der Waals surface area (Å²) in [6.45, 7) is 12.1. The largest absolute Gasteiger partial charge is 0.306 e. The van der Waals surface area contributed by atoms with Crippen molar-refractivity contribution in [3.05, 3.63) is 0 Å². The van der Waals surface area contributed by atoms with Crippen LogP contribution in [-0.4, -0.2) is 25.0 Å². The van der Waals surface area contributed by atoms with Crippen molar-refractivity contribution in [3.63, 3.8) is 0 Å². The first-order valence-corrected chi connectivity index (χ1v) is 5.12. The smallest absolute Gasteiger partial charge is 0.00324 e. The van der Waals surface area contributed by atoms with E-state index in [1.807, 2.05) is 0 Å². The first-order valence-electron chi connectivity index (χ1n) is 5.12. The zero-order chi connectivity index (χ0) is 9.35. The molecular weight excluding hydrogens is 146 g/mol. The van der Waals surface area contributed by atoms with Crippen molar-refractivity contribution in [1.29, 1.82) is 0 Å². The van der Waals surface area contributed by atoms with Gasteiger partial charge in [0.2, 0.25) is 0 Å². The monoisotopic (exact) mass is 169 g/mol. The van der Waals surface area contributed by atoms with Gasteiger partial charge in [0.05, 0.1) is 0 Å². The highest BCUT2D eigenvalue weighted by atomic mass is 15.1. The Morgan fingerprint density at radius 3 is 2.33 bits per heavy atom. The zero-order valence-corrected chi connectivity index (χ0v) is 9.22. The minimum atomic E-state index is 0.515. The summed E-state index contributed by atoms with van der Waals surface area (Å²) in [4.78, 5) is 2.46. The molecule has 1 fully saturated rings. The SMILES string of the molecule is CC(C)C1CCN(C)CC1(C)C. The van der Waals surface area contributed by atoms with Crippen LogP contribution in [0.3, 0.4) is 0 Å². The molecule has 1 unspecified atom stereocenters. The molecule has 12 heavy (non-hydrogen) atoms. The predicted octanol–water partition coefficient (Wildman–Crippen LogP) is 2.62. The maximum Gasteiger partial charge on any atom is 0.00324 e. The van der Waals surface area contributed by atoms with Gasteiger partial charge < -0.3 is 4.90 Å². The molecule has 1 heterocycles. The molecule has 0 amide bonds. The van der Waals surface area contributed by atoms with Gasteiger partial charge in [-0.05, 0) is 37.3 Å². The molecule has 1 rings (SSSR count). The lowest BCUT2D eigenvalue weighted by Gasteiger charge is -2.45. The molecule has 0 aromatic carbocycles. The van der Waals surface area contributed by atoms with Gasteiger partial charge in [0, 0.05) is 6.54 Å². The van der Waals surface area contributed by atoms with E-state index in [1.165, 1.54) is 19.5 Å². The fraction of sp³-hybridized carbons (Fsp3) is 1.00. The number of nitrogens with zero attached hydrogens (tertiary/aromatic N) is 1. The number of hydrogen-bond donors (Lipinski definition) is 0. The van der Waals surface area contributed by atoms with Gasteiger partial charge in [-0.1, -0.05) is 27.7 Å². The van der Waals surface area contributed by atoms with E-state index in [9.17, 15) is 0 Å². The van der Waals surface area contributed by atoms with Gasteiger partial charge in [0.25, 0.3) is 0 Å². The van der Waals surface area contributed by atoms with Crippen LogP contribution in [-0.2, 0) is 0 Å². The molecule has 1 nitrogen and oxygen atoms in total. The molecule has 1 saturated heterocycles. The lowest BCUT2D eigenvalue weighted by molar-refractivity contribution is 0.0436. The maximum atomic E-state index is 2.46. The van der Waals surface area contributed by atoms with Gasteiger partial charge in [0.15, 0.2) is 0 Å². The van der Waals surface area contributed by atoms with Crippen molar-refractivity contribution < 1.29 is 0 Å². The summed E-state index contributed by atoms with van der Waals surface area (Å²) in [5.74, 6) is 1.75. The van der Waals surface area contributed by atoms with Gasteiger partial charge in [-0.2, -0.15) is 0 Å². The van der Waals surface area contributed by atoms with Gasteiger partial charge in [-0.3, -0.25) is 0 Å². The molecule has 1 atom stereocenters. The minimum absolute atomic E-state index is 0.515. The molecule has 72 valence electrons. The van der Waals surface area contributed by atoms with Crippen LogP contribution in [0.2, 0.25) is 0 Å². The van der Waals surface area contributed by atoms with E-state index in [2.05, 4.69) is 39.6 Å². The Hall–Kier alpha value is -0.0400. The zero-order valence-electron chi connectivity index (χ0n) is 9.22. The minimum Gasteiger partial charge on any atom is -0.306 e. The van der Waals surface area contributed by atoms with Crippen molar-refractivity contribution in [2.45, 2.75) is 34.1 Å². The Balaban J connectivity index is 2.64. The van der Waals surface area contributed by atoms with Gasteiger partial charge in [0.1, 0.15) is 0 Å². The Bertz CT molecular complexity index is 149. The third-order valence-electron chi connectivity index (χ3n) is 3.31. The second-order valence-electron chi connectivity index (χ2n) is 5.37. The maximum absolute atomic E-state index is 2.46. The third-order valence-corrected chi connectivity index (χ3v) is 3.31. The molecule has 0 spiro atoms. The molecule has 0 aliphatic carbocycles. The molecule has 0 bridgehead atoms. The molecule has 0 N–H and O–H groups in total. The van der Waals surface area contributed by atoms with Crippen LogP contribution in [0.1, 0.15) is 34.1 Å². The summed E-state index contributed by atoms with van der Waals surface area (Å²) < 4.78 is 0. The summed E-state index contributed by atoms with van der Waals surface area (Å²) in [6.07, 6.45) is 1.38. The fourth-order valence-electron chi connectivity index (χ4n) is 2.88. The predicted molar refractivity (Wildman–Crippen MR) is 54.2 cm³/mol. The molecule has 1 aliphatic rings. The van der Waals surface area contributed by atoms with Crippen molar-refractivity contribution >= 4 is 0 Å². The summed E-state index contributed by atoms with van der Waals surface area (Å²) >= 11 is 0. The average Bonchev–Trinajstić information content (AvgIpc) is 1.82. The van der Waals surface area contributed by atoms with E-state index < -0.39 is 0 Å². The third kappa shape index (κ3) is 2.01. The highest BCUT2D eigenvalue weighted by molar-refractivity contribution is 4.87. The van der Waals surface area contributed by atoms with E-state index in [0.29, 0.717) is 5.41 Å². The standard InChI is InChI=1S/C11H23N/c1-9(2)10-6-7-12(5)8-11(10,3)4/h9-10H,6-8H2,1-5H3. The van der Waals surface area contributed by atoms with Crippen LogP contribution in [0.5, 0.6) is 0 Å². The van der Waals surface area contributed by atoms with Crippen molar-refractivity contribution in [2.75, 3.05) is 20.1 Å². The van der Waals surface area contributed by atoms with Crippen molar-refractivity contribution in [3.8, 4) is 0 Å². The van der Waals surface area contributed by atoms with Crippen LogP contribution in [0.25, 0.3) is 0 Å². The highest BCUT2D eigenvalue weighted by Crippen LogP contribution is 2.38. The first kappa shape index (κ1) is 10.0. The lowest BCUT2D eigenvalue weighted by atomic mass is 9.69. The Morgan fingerprint density at radius 1 is 1.33 bits per heavy atom. The summed E-state index contributed by atoms with van der Waals surface area (Å²) in [5.41, 5.74) is 0.515. The number of hydrogen-bond acceptors (Lipinski definition) is 1. The number of likely N-dealkylation sites (tertiary alicyclic amines) is 1. The summed E-state index contributed by atoms with van der Waals surface area (Å²) in [6, 6.07) is 0. The average molecular weight is 169 g/mol. The van der Waals surface area contributed by atoms with Crippen LogP contribution in [0.15, 0.2) is 0 Å². The van der Waals surface area contributed by atoms with E-state index >= 15 is 0 Å². The fourth-order valence-corrected chi connectivity index (χ4v) is 2.88. The van der Waals surface area contributed by atoms with E-state index in [4.69, 9.17) is 0 Å². The van der Waals surface area contributed by atoms with E-state index in [-0.39, 0.29) is 0 Å². The highest BCUT2D eigenvalue weighted by Gasteiger charge is 2.35.